The molecule has 0 radical (unpaired) electrons. The number of rotatable bonds is 9. The molecule has 0 aliphatic carbocycles. The molecular formula is C17H27NO6. The molecule has 1 aromatic rings. The molecule has 0 heterocycles. The number of hydrogen-bond acceptors (Lipinski definition) is 5. The Morgan fingerprint density at radius 3 is 2.21 bits per heavy atom. The van der Waals surface area contributed by atoms with Gasteiger partial charge in [0.05, 0.1) is 13.2 Å². The van der Waals surface area contributed by atoms with Crippen LogP contribution in [0, 0.1) is 0 Å². The average Bonchev–Trinajstić information content (AvgIpc) is 2.55. The first-order valence-corrected chi connectivity index (χ1v) is 7.95. The zero-order valence-electron chi connectivity index (χ0n) is 14.4. The van der Waals surface area contributed by atoms with Gasteiger partial charge in [-0.15, -0.1) is 0 Å². The van der Waals surface area contributed by atoms with Gasteiger partial charge in [0.1, 0.15) is 11.5 Å². The van der Waals surface area contributed by atoms with Gasteiger partial charge in [0.15, 0.2) is 0 Å². The van der Waals surface area contributed by atoms with Crippen LogP contribution in [0.4, 0.5) is 0 Å². The van der Waals surface area contributed by atoms with Gasteiger partial charge in [-0.3, -0.25) is 0 Å². The van der Waals surface area contributed by atoms with E-state index in [1.165, 1.54) is 0 Å². The van der Waals surface area contributed by atoms with Crippen LogP contribution in [0.15, 0.2) is 24.3 Å². The fraction of sp³-hybridized carbons (Fsp3) is 0.529. The fourth-order valence-electron chi connectivity index (χ4n) is 1.58. The van der Waals surface area contributed by atoms with Gasteiger partial charge >= 0.3 is 11.9 Å². The first-order chi connectivity index (χ1) is 11.4. The van der Waals surface area contributed by atoms with Gasteiger partial charge < -0.3 is 25.0 Å². The maximum absolute atomic E-state index is 9.10. The van der Waals surface area contributed by atoms with Crippen LogP contribution in [-0.2, 0) is 9.59 Å². The zero-order chi connectivity index (χ0) is 18.4. The summed E-state index contributed by atoms with van der Waals surface area (Å²) in [5.41, 5.74) is 0. The number of ether oxygens (including phenoxy) is 2. The molecular weight excluding hydrogens is 314 g/mol. The molecule has 1 unspecified atom stereocenters. The summed E-state index contributed by atoms with van der Waals surface area (Å²) in [4.78, 5) is 18.2. The molecule has 0 saturated carbocycles. The third kappa shape index (κ3) is 11.3. The lowest BCUT2D eigenvalue weighted by atomic mass is 10.2. The van der Waals surface area contributed by atoms with Gasteiger partial charge in [-0.25, -0.2) is 9.59 Å². The van der Waals surface area contributed by atoms with Crippen molar-refractivity contribution >= 4 is 11.9 Å². The Balaban J connectivity index is 0.000000754. The summed E-state index contributed by atoms with van der Waals surface area (Å²) in [6.07, 6.45) is 2.18. The number of carbonyl (C=O) groups is 2. The lowest BCUT2D eigenvalue weighted by Crippen LogP contribution is -2.27. The molecule has 24 heavy (non-hydrogen) atoms. The Morgan fingerprint density at radius 2 is 1.71 bits per heavy atom. The number of hydrogen-bond donors (Lipinski definition) is 3. The van der Waals surface area contributed by atoms with E-state index in [9.17, 15) is 0 Å². The van der Waals surface area contributed by atoms with Crippen molar-refractivity contribution in [2.24, 2.45) is 0 Å². The molecule has 1 aromatic carbocycles. The molecule has 7 nitrogen and oxygen atoms in total. The van der Waals surface area contributed by atoms with Crippen molar-refractivity contribution in [3.8, 4) is 11.5 Å². The molecule has 3 N–H and O–H groups in total. The number of carboxylic acid groups (broad SMARTS) is 2. The lowest BCUT2D eigenvalue weighted by Gasteiger charge is -2.12. The van der Waals surface area contributed by atoms with E-state index in [-0.39, 0.29) is 0 Å². The summed E-state index contributed by atoms with van der Waals surface area (Å²) >= 11 is 0. The van der Waals surface area contributed by atoms with Crippen LogP contribution in [0.5, 0.6) is 11.5 Å². The minimum atomic E-state index is -1.82. The van der Waals surface area contributed by atoms with Crippen LogP contribution in [0.2, 0.25) is 0 Å². The zero-order valence-corrected chi connectivity index (χ0v) is 14.4. The Morgan fingerprint density at radius 1 is 1.12 bits per heavy atom. The van der Waals surface area contributed by atoms with E-state index >= 15 is 0 Å². The van der Waals surface area contributed by atoms with Gasteiger partial charge in [-0.05, 0) is 45.4 Å². The SMILES string of the molecule is CCOc1cccc(OCCCNC(C)CC)c1.O=C(O)C(=O)O. The average molecular weight is 341 g/mol. The molecule has 0 fully saturated rings. The van der Waals surface area contributed by atoms with E-state index in [2.05, 4.69) is 19.2 Å². The molecule has 0 aliphatic rings. The van der Waals surface area contributed by atoms with E-state index in [0.717, 1.165) is 37.5 Å². The highest BCUT2D eigenvalue weighted by atomic mass is 16.5. The summed E-state index contributed by atoms with van der Waals surface area (Å²) < 4.78 is 11.1. The van der Waals surface area contributed by atoms with Crippen molar-refractivity contribution in [1.29, 1.82) is 0 Å². The van der Waals surface area contributed by atoms with E-state index < -0.39 is 11.9 Å². The number of nitrogens with one attached hydrogen (secondary N) is 1. The third-order valence-electron chi connectivity index (χ3n) is 2.99. The Hall–Kier alpha value is -2.28. The molecule has 0 amide bonds. The van der Waals surface area contributed by atoms with E-state index in [1.807, 2.05) is 31.2 Å². The monoisotopic (exact) mass is 341 g/mol. The molecule has 0 saturated heterocycles. The summed E-state index contributed by atoms with van der Waals surface area (Å²) in [6, 6.07) is 8.39. The Bertz CT molecular complexity index is 480. The minimum absolute atomic E-state index is 0.589. The van der Waals surface area contributed by atoms with Gasteiger partial charge in [-0.2, -0.15) is 0 Å². The fourth-order valence-corrected chi connectivity index (χ4v) is 1.58. The number of aliphatic carboxylic acids is 2. The number of benzene rings is 1. The second kappa shape index (κ2) is 13.2. The van der Waals surface area contributed by atoms with Crippen molar-refractivity contribution < 1.29 is 29.3 Å². The highest BCUT2D eigenvalue weighted by Crippen LogP contribution is 2.19. The van der Waals surface area contributed by atoms with Crippen molar-refractivity contribution in [3.63, 3.8) is 0 Å². The molecule has 0 aliphatic heterocycles. The number of carboxylic acids is 2. The first-order valence-electron chi connectivity index (χ1n) is 7.95. The molecule has 136 valence electrons. The van der Waals surface area contributed by atoms with Crippen molar-refractivity contribution in [2.45, 2.75) is 39.7 Å². The van der Waals surface area contributed by atoms with Crippen LogP contribution in [0.3, 0.4) is 0 Å². The van der Waals surface area contributed by atoms with E-state index in [4.69, 9.17) is 29.3 Å². The van der Waals surface area contributed by atoms with Gasteiger partial charge in [0.2, 0.25) is 0 Å². The van der Waals surface area contributed by atoms with Gasteiger partial charge in [0, 0.05) is 12.1 Å². The lowest BCUT2D eigenvalue weighted by molar-refractivity contribution is -0.159. The van der Waals surface area contributed by atoms with Crippen molar-refractivity contribution in [1.82, 2.24) is 5.32 Å². The maximum atomic E-state index is 9.10. The quantitative estimate of drug-likeness (QED) is 0.468. The van der Waals surface area contributed by atoms with Crippen molar-refractivity contribution in [3.05, 3.63) is 24.3 Å². The molecule has 0 bridgehead atoms. The summed E-state index contributed by atoms with van der Waals surface area (Å²) in [7, 11) is 0. The third-order valence-corrected chi connectivity index (χ3v) is 2.99. The van der Waals surface area contributed by atoms with Gasteiger partial charge in [-0.1, -0.05) is 13.0 Å². The Labute approximate surface area is 142 Å². The normalized spacial score (nSPS) is 11.0. The Kier molecular flexibility index (Phi) is 11.9. The van der Waals surface area contributed by atoms with Crippen LogP contribution in [-0.4, -0.2) is 48.0 Å². The molecule has 7 heteroatoms. The molecule has 1 rings (SSSR count). The highest BCUT2D eigenvalue weighted by molar-refractivity contribution is 6.27. The van der Waals surface area contributed by atoms with E-state index in [0.29, 0.717) is 12.6 Å². The van der Waals surface area contributed by atoms with Crippen molar-refractivity contribution in [2.75, 3.05) is 19.8 Å². The molecule has 0 aromatic heterocycles. The maximum Gasteiger partial charge on any atom is 0.414 e. The standard InChI is InChI=1S/C15H25NO2.C2H2O4/c1-4-13(3)16-10-7-11-18-15-9-6-8-14(12-15)17-5-2;3-1(4)2(5)6/h6,8-9,12-13,16H,4-5,7,10-11H2,1-3H3;(H,3,4)(H,5,6). The largest absolute Gasteiger partial charge is 0.494 e. The second-order valence-corrected chi connectivity index (χ2v) is 4.98. The smallest absolute Gasteiger partial charge is 0.414 e. The topological polar surface area (TPSA) is 105 Å². The molecule has 0 spiro atoms. The van der Waals surface area contributed by atoms with Crippen LogP contribution in [0.25, 0.3) is 0 Å². The second-order valence-electron chi connectivity index (χ2n) is 4.98. The first kappa shape index (κ1) is 21.7. The van der Waals surface area contributed by atoms with E-state index in [1.54, 1.807) is 0 Å². The highest BCUT2D eigenvalue weighted by Gasteiger charge is 2.04. The summed E-state index contributed by atoms with van der Waals surface area (Å²) in [5.74, 6) is -1.90. The van der Waals surface area contributed by atoms with Crippen LogP contribution < -0.4 is 14.8 Å². The predicted octanol–water partition coefficient (Wildman–Crippen LogP) is 2.40. The molecule has 1 atom stereocenters. The predicted molar refractivity (Wildman–Crippen MR) is 90.8 cm³/mol. The summed E-state index contributed by atoms with van der Waals surface area (Å²) in [5, 5.41) is 18.2. The minimum Gasteiger partial charge on any atom is -0.494 e. The van der Waals surface area contributed by atoms with Crippen LogP contribution >= 0.6 is 0 Å². The van der Waals surface area contributed by atoms with Crippen LogP contribution in [0.1, 0.15) is 33.6 Å². The summed E-state index contributed by atoms with van der Waals surface area (Å²) in [6.45, 7) is 8.79. The van der Waals surface area contributed by atoms with Gasteiger partial charge in [0.25, 0.3) is 0 Å².